The fourth-order valence-electron chi connectivity index (χ4n) is 3.02. The summed E-state index contributed by atoms with van der Waals surface area (Å²) in [5.74, 6) is 0.0717. The van der Waals surface area contributed by atoms with E-state index in [1.165, 1.54) is 0 Å². The van der Waals surface area contributed by atoms with Crippen LogP contribution in [0.15, 0.2) is 24.3 Å². The third-order valence-corrected chi connectivity index (χ3v) is 7.17. The molecule has 0 bridgehead atoms. The van der Waals surface area contributed by atoms with Gasteiger partial charge in [0, 0.05) is 13.1 Å². The Morgan fingerprint density at radius 3 is 2.04 bits per heavy atom. The van der Waals surface area contributed by atoms with Crippen LogP contribution in [0.5, 0.6) is 0 Å². The maximum Gasteiger partial charge on any atom is 0.494 e. The van der Waals surface area contributed by atoms with Crippen LogP contribution in [-0.2, 0) is 30.4 Å². The molecule has 1 amide bonds. The fraction of sp³-hybridized carbons (Fsp3) is 0.611. The first kappa shape index (κ1) is 19.4. The largest absolute Gasteiger partial charge is 0.494 e. The van der Waals surface area contributed by atoms with Crippen LogP contribution in [0.2, 0.25) is 0 Å². The van der Waals surface area contributed by atoms with E-state index in [0.717, 1.165) is 11.0 Å². The quantitative estimate of drug-likeness (QED) is 0.726. The van der Waals surface area contributed by atoms with Gasteiger partial charge in [0.15, 0.2) is 9.84 Å². The van der Waals surface area contributed by atoms with E-state index < -0.39 is 17.0 Å². The highest BCUT2D eigenvalue weighted by atomic mass is 32.2. The number of amides is 1. The minimum absolute atomic E-state index is 0.0386. The Morgan fingerprint density at radius 1 is 1.04 bits per heavy atom. The molecule has 8 heteroatoms. The normalized spacial score (nSPS) is 23.8. The number of benzene rings is 1. The van der Waals surface area contributed by atoms with Gasteiger partial charge in [-0.2, -0.15) is 0 Å². The van der Waals surface area contributed by atoms with Crippen LogP contribution < -0.4 is 5.46 Å². The van der Waals surface area contributed by atoms with Gasteiger partial charge in [-0.05, 0) is 38.7 Å². The van der Waals surface area contributed by atoms with Gasteiger partial charge in [0.1, 0.15) is 0 Å². The maximum absolute atomic E-state index is 12.4. The first-order valence-electron chi connectivity index (χ1n) is 8.92. The Labute approximate surface area is 155 Å². The highest BCUT2D eigenvalue weighted by Crippen LogP contribution is 2.36. The molecule has 2 saturated heterocycles. The van der Waals surface area contributed by atoms with Gasteiger partial charge in [0.2, 0.25) is 5.91 Å². The van der Waals surface area contributed by atoms with Gasteiger partial charge in [-0.15, -0.1) is 0 Å². The third kappa shape index (κ3) is 3.97. The molecule has 2 heterocycles. The van der Waals surface area contributed by atoms with Crippen LogP contribution >= 0.6 is 0 Å². The van der Waals surface area contributed by atoms with Crippen LogP contribution in [0.4, 0.5) is 0 Å². The van der Waals surface area contributed by atoms with Gasteiger partial charge in [-0.25, -0.2) is 8.42 Å². The van der Waals surface area contributed by atoms with Gasteiger partial charge in [0.25, 0.3) is 0 Å². The van der Waals surface area contributed by atoms with Crippen LogP contribution in [0.1, 0.15) is 33.3 Å². The predicted octanol–water partition coefficient (Wildman–Crippen LogP) is 0.785. The van der Waals surface area contributed by atoms with Crippen molar-refractivity contribution in [2.75, 3.05) is 24.6 Å². The lowest BCUT2D eigenvalue weighted by Gasteiger charge is -2.32. The lowest BCUT2D eigenvalue weighted by atomic mass is 9.79. The van der Waals surface area contributed by atoms with E-state index in [4.69, 9.17) is 9.31 Å². The number of carbonyl (C=O) groups is 1. The highest BCUT2D eigenvalue weighted by molar-refractivity contribution is 7.91. The van der Waals surface area contributed by atoms with Crippen molar-refractivity contribution in [3.05, 3.63) is 29.8 Å². The molecule has 0 N–H and O–H groups in total. The SMILES string of the molecule is CC1(C)OB(c2ccc(CC(=O)N3CCS(=O)(=O)CC3)cc2)OC1(C)C. The highest BCUT2D eigenvalue weighted by Gasteiger charge is 2.51. The zero-order valence-electron chi connectivity index (χ0n) is 15.8. The topological polar surface area (TPSA) is 72.9 Å². The molecule has 142 valence electrons. The Morgan fingerprint density at radius 2 is 1.54 bits per heavy atom. The van der Waals surface area contributed by atoms with Gasteiger partial charge >= 0.3 is 7.12 Å². The molecular formula is C18H26BNO5S. The summed E-state index contributed by atoms with van der Waals surface area (Å²) in [6.45, 7) is 8.62. The van der Waals surface area contributed by atoms with Crippen LogP contribution in [0, 0.1) is 0 Å². The van der Waals surface area contributed by atoms with E-state index >= 15 is 0 Å². The van der Waals surface area contributed by atoms with Gasteiger partial charge in [-0.3, -0.25) is 4.79 Å². The molecule has 0 radical (unpaired) electrons. The molecule has 0 saturated carbocycles. The van der Waals surface area contributed by atoms with E-state index in [1.807, 2.05) is 52.0 Å². The second-order valence-electron chi connectivity index (χ2n) is 8.04. The van der Waals surface area contributed by atoms with Crippen molar-refractivity contribution in [2.45, 2.75) is 45.3 Å². The predicted molar refractivity (Wildman–Crippen MR) is 101 cm³/mol. The Kier molecular flexibility index (Phi) is 4.96. The molecule has 0 atom stereocenters. The zero-order chi connectivity index (χ0) is 19.2. The lowest BCUT2D eigenvalue weighted by Crippen LogP contribution is -2.44. The van der Waals surface area contributed by atoms with E-state index in [9.17, 15) is 13.2 Å². The van der Waals surface area contributed by atoms with Crippen LogP contribution in [0.3, 0.4) is 0 Å². The Balaban J connectivity index is 1.61. The smallest absolute Gasteiger partial charge is 0.399 e. The Hall–Kier alpha value is -1.38. The van der Waals surface area contributed by atoms with E-state index in [-0.39, 0.29) is 48.1 Å². The third-order valence-electron chi connectivity index (χ3n) is 5.56. The molecule has 2 fully saturated rings. The van der Waals surface area contributed by atoms with E-state index in [2.05, 4.69) is 0 Å². The molecule has 0 aliphatic carbocycles. The molecule has 3 rings (SSSR count). The van der Waals surface area contributed by atoms with Crippen molar-refractivity contribution in [1.82, 2.24) is 4.90 Å². The van der Waals surface area contributed by atoms with Gasteiger partial charge < -0.3 is 14.2 Å². The number of rotatable bonds is 3. The zero-order valence-corrected chi connectivity index (χ0v) is 16.6. The summed E-state index contributed by atoms with van der Waals surface area (Å²) in [6.07, 6.45) is 0.268. The number of hydrogen-bond donors (Lipinski definition) is 0. The molecule has 1 aromatic carbocycles. The number of sulfone groups is 1. The minimum atomic E-state index is -2.98. The summed E-state index contributed by atoms with van der Waals surface area (Å²) in [6, 6.07) is 7.65. The standard InChI is InChI=1S/C18H26BNO5S/c1-17(2)18(3,4)25-19(24-17)15-7-5-14(6-8-15)13-16(21)20-9-11-26(22,23)12-10-20/h5-8H,9-13H2,1-4H3. The van der Waals surface area contributed by atoms with Crippen molar-refractivity contribution < 1.29 is 22.5 Å². The first-order valence-corrected chi connectivity index (χ1v) is 10.7. The first-order chi connectivity index (χ1) is 12.0. The Bertz CT molecular complexity index is 758. The second-order valence-corrected chi connectivity index (χ2v) is 10.3. The van der Waals surface area contributed by atoms with Crippen LogP contribution in [0.25, 0.3) is 0 Å². The molecule has 0 unspecified atom stereocenters. The molecule has 2 aliphatic heterocycles. The van der Waals surface area contributed by atoms with Crippen LogP contribution in [-0.4, -0.2) is 62.1 Å². The summed E-state index contributed by atoms with van der Waals surface area (Å²) in [5.41, 5.74) is 1.04. The number of nitrogens with zero attached hydrogens (tertiary/aromatic N) is 1. The molecule has 6 nitrogen and oxygen atoms in total. The van der Waals surface area contributed by atoms with Crippen molar-refractivity contribution in [1.29, 1.82) is 0 Å². The van der Waals surface area contributed by atoms with Crippen molar-refractivity contribution in [3.8, 4) is 0 Å². The monoisotopic (exact) mass is 379 g/mol. The molecule has 0 spiro atoms. The van der Waals surface area contributed by atoms with E-state index in [0.29, 0.717) is 0 Å². The number of carbonyl (C=O) groups excluding carboxylic acids is 1. The summed E-state index contributed by atoms with van der Waals surface area (Å²) in [5, 5.41) is 0. The van der Waals surface area contributed by atoms with Gasteiger partial charge in [0.05, 0.1) is 29.1 Å². The van der Waals surface area contributed by atoms with Crippen molar-refractivity contribution in [3.63, 3.8) is 0 Å². The molecular weight excluding hydrogens is 353 g/mol. The maximum atomic E-state index is 12.4. The summed E-state index contributed by atoms with van der Waals surface area (Å²) < 4.78 is 35.0. The van der Waals surface area contributed by atoms with Crippen molar-refractivity contribution in [2.24, 2.45) is 0 Å². The summed E-state index contributed by atoms with van der Waals surface area (Å²) in [7, 11) is -3.40. The molecule has 2 aliphatic rings. The fourth-order valence-corrected chi connectivity index (χ4v) is 4.22. The average molecular weight is 379 g/mol. The minimum Gasteiger partial charge on any atom is -0.399 e. The lowest BCUT2D eigenvalue weighted by molar-refractivity contribution is -0.130. The molecule has 26 heavy (non-hydrogen) atoms. The second kappa shape index (κ2) is 6.66. The summed E-state index contributed by atoms with van der Waals surface area (Å²) >= 11 is 0. The van der Waals surface area contributed by atoms with Gasteiger partial charge in [-0.1, -0.05) is 24.3 Å². The van der Waals surface area contributed by atoms with E-state index in [1.54, 1.807) is 4.90 Å². The average Bonchev–Trinajstić information content (AvgIpc) is 2.76. The number of hydrogen-bond acceptors (Lipinski definition) is 5. The summed E-state index contributed by atoms with van der Waals surface area (Å²) in [4.78, 5) is 14.0. The molecule has 1 aromatic rings. The molecule has 0 aromatic heterocycles. The van der Waals surface area contributed by atoms with Crippen molar-refractivity contribution >= 4 is 28.3 Å².